The van der Waals surface area contributed by atoms with Gasteiger partial charge in [-0.3, -0.25) is 9.36 Å². The van der Waals surface area contributed by atoms with E-state index in [-0.39, 0.29) is 5.91 Å². The molecule has 1 aliphatic rings. The van der Waals surface area contributed by atoms with Crippen molar-refractivity contribution in [3.8, 4) is 5.75 Å². The molecule has 7 nitrogen and oxygen atoms in total. The van der Waals surface area contributed by atoms with Crippen molar-refractivity contribution in [3.63, 3.8) is 0 Å². The lowest BCUT2D eigenvalue weighted by Gasteiger charge is -2.37. The number of rotatable bonds is 4. The van der Waals surface area contributed by atoms with Gasteiger partial charge in [0.25, 0.3) is 0 Å². The second kappa shape index (κ2) is 7.42. The summed E-state index contributed by atoms with van der Waals surface area (Å²) in [5.74, 6) is 0.242. The van der Waals surface area contributed by atoms with Gasteiger partial charge in [0.15, 0.2) is 5.58 Å². The van der Waals surface area contributed by atoms with Crippen LogP contribution in [-0.4, -0.2) is 48.7 Å². The number of benzene rings is 2. The molecule has 0 bridgehead atoms. The fraction of sp³-hybridized carbons (Fsp3) is 0.333. The second-order valence-corrected chi connectivity index (χ2v) is 6.90. The summed E-state index contributed by atoms with van der Waals surface area (Å²) in [5.41, 5.74) is 2.22. The van der Waals surface area contributed by atoms with Crippen LogP contribution < -0.4 is 15.4 Å². The number of piperazine rings is 1. The van der Waals surface area contributed by atoms with Gasteiger partial charge in [-0.1, -0.05) is 18.2 Å². The molecule has 0 radical (unpaired) electrons. The molecule has 1 fully saturated rings. The molecular weight excluding hydrogens is 358 g/mol. The monoisotopic (exact) mass is 381 g/mol. The van der Waals surface area contributed by atoms with Crippen molar-refractivity contribution in [2.24, 2.45) is 0 Å². The Morgan fingerprint density at radius 1 is 1.07 bits per heavy atom. The van der Waals surface area contributed by atoms with Crippen LogP contribution in [0.1, 0.15) is 13.0 Å². The van der Waals surface area contributed by atoms with Crippen LogP contribution in [0.3, 0.4) is 0 Å². The molecule has 146 valence electrons. The molecule has 7 heteroatoms. The smallest absolute Gasteiger partial charge is 0.420 e. The summed E-state index contributed by atoms with van der Waals surface area (Å²) in [6.45, 7) is 4.41. The number of hydrogen-bond acceptors (Lipinski definition) is 5. The number of anilines is 1. The van der Waals surface area contributed by atoms with Gasteiger partial charge in [0.05, 0.1) is 12.6 Å². The van der Waals surface area contributed by atoms with Gasteiger partial charge in [-0.25, -0.2) is 4.79 Å². The van der Waals surface area contributed by atoms with Crippen molar-refractivity contribution in [1.29, 1.82) is 0 Å². The summed E-state index contributed by atoms with van der Waals surface area (Å²) in [5, 5.41) is 0. The molecule has 0 N–H and O–H groups in total. The highest BCUT2D eigenvalue weighted by Gasteiger charge is 2.28. The average molecular weight is 381 g/mol. The van der Waals surface area contributed by atoms with Gasteiger partial charge in [0, 0.05) is 37.9 Å². The molecule has 1 atom stereocenters. The first-order valence-electron chi connectivity index (χ1n) is 9.36. The Balaban J connectivity index is 1.47. The molecule has 0 saturated carbocycles. The Hall–Kier alpha value is -3.22. The van der Waals surface area contributed by atoms with E-state index in [2.05, 4.69) is 4.90 Å². The van der Waals surface area contributed by atoms with E-state index in [4.69, 9.17) is 9.15 Å². The van der Waals surface area contributed by atoms with Crippen LogP contribution in [0.5, 0.6) is 5.75 Å². The largest absolute Gasteiger partial charge is 0.497 e. The Kier molecular flexibility index (Phi) is 4.81. The molecule has 1 saturated heterocycles. The molecule has 1 unspecified atom stereocenters. The summed E-state index contributed by atoms with van der Waals surface area (Å²) in [7, 11) is 1.65. The van der Waals surface area contributed by atoms with Crippen molar-refractivity contribution in [1.82, 2.24) is 9.47 Å². The maximum Gasteiger partial charge on any atom is 0.420 e. The highest BCUT2D eigenvalue weighted by Crippen LogP contribution is 2.23. The number of para-hydroxylation sites is 2. The van der Waals surface area contributed by atoms with Crippen LogP contribution in [0.2, 0.25) is 0 Å². The minimum Gasteiger partial charge on any atom is -0.497 e. The molecule has 1 amide bonds. The zero-order valence-electron chi connectivity index (χ0n) is 16.0. The van der Waals surface area contributed by atoms with E-state index in [9.17, 15) is 9.59 Å². The van der Waals surface area contributed by atoms with Crippen molar-refractivity contribution in [2.75, 3.05) is 38.2 Å². The van der Waals surface area contributed by atoms with Crippen molar-refractivity contribution < 1.29 is 13.9 Å². The number of ether oxygens (including phenoxy) is 1. The quantitative estimate of drug-likeness (QED) is 0.695. The Morgan fingerprint density at radius 2 is 1.82 bits per heavy atom. The topological polar surface area (TPSA) is 67.9 Å². The molecule has 4 rings (SSSR count). The first-order chi connectivity index (χ1) is 13.6. The third-order valence-corrected chi connectivity index (χ3v) is 5.27. The zero-order chi connectivity index (χ0) is 19.7. The number of methoxy groups -OCH3 is 1. The Morgan fingerprint density at radius 3 is 2.57 bits per heavy atom. The molecule has 2 heterocycles. The molecule has 0 aliphatic carbocycles. The van der Waals surface area contributed by atoms with Crippen LogP contribution in [0.25, 0.3) is 11.1 Å². The first kappa shape index (κ1) is 18.2. The fourth-order valence-electron chi connectivity index (χ4n) is 3.72. The predicted octanol–water partition coefficient (Wildman–Crippen LogP) is 2.51. The van der Waals surface area contributed by atoms with Crippen LogP contribution in [-0.2, 0) is 4.79 Å². The van der Waals surface area contributed by atoms with E-state index in [1.54, 1.807) is 32.2 Å². The van der Waals surface area contributed by atoms with Crippen molar-refractivity contribution >= 4 is 22.7 Å². The normalized spacial score (nSPS) is 15.6. The Bertz CT molecular complexity index is 1050. The number of amides is 1. The van der Waals surface area contributed by atoms with Gasteiger partial charge in [-0.2, -0.15) is 0 Å². The fourth-order valence-corrected chi connectivity index (χ4v) is 3.72. The minimum atomic E-state index is -0.612. The first-order valence-corrected chi connectivity index (χ1v) is 9.36. The summed E-state index contributed by atoms with van der Waals surface area (Å²) >= 11 is 0. The van der Waals surface area contributed by atoms with E-state index < -0.39 is 11.8 Å². The molecule has 2 aromatic carbocycles. The summed E-state index contributed by atoms with van der Waals surface area (Å²) in [4.78, 5) is 29.3. The number of nitrogens with zero attached hydrogens (tertiary/aromatic N) is 3. The van der Waals surface area contributed by atoms with Gasteiger partial charge >= 0.3 is 5.76 Å². The van der Waals surface area contributed by atoms with Gasteiger partial charge in [0.1, 0.15) is 11.8 Å². The molecule has 3 aromatic rings. The van der Waals surface area contributed by atoms with E-state index in [0.29, 0.717) is 24.2 Å². The van der Waals surface area contributed by atoms with E-state index >= 15 is 0 Å². The number of aromatic nitrogens is 1. The van der Waals surface area contributed by atoms with Crippen LogP contribution >= 0.6 is 0 Å². The number of oxazole rings is 1. The Labute approximate surface area is 162 Å². The number of carbonyl (C=O) groups excluding carboxylic acids is 1. The highest BCUT2D eigenvalue weighted by molar-refractivity contribution is 5.83. The van der Waals surface area contributed by atoms with Gasteiger partial charge in [0.2, 0.25) is 5.91 Å². The number of carbonyl (C=O) groups is 1. The van der Waals surface area contributed by atoms with E-state index in [1.807, 2.05) is 35.2 Å². The standard InChI is InChI=1S/C21H23N3O4/c1-15(24-18-8-3-4-9-19(18)28-21(24)26)20(25)23-12-10-22(11-13-23)16-6-5-7-17(14-16)27-2/h3-9,14-15H,10-13H2,1-2H3. The predicted molar refractivity (Wildman–Crippen MR) is 107 cm³/mol. The second-order valence-electron chi connectivity index (χ2n) is 6.90. The molecular formula is C21H23N3O4. The lowest BCUT2D eigenvalue weighted by atomic mass is 10.2. The molecule has 1 aromatic heterocycles. The maximum atomic E-state index is 13.0. The van der Waals surface area contributed by atoms with Gasteiger partial charge < -0.3 is 19.0 Å². The number of hydrogen-bond donors (Lipinski definition) is 0. The van der Waals surface area contributed by atoms with Crippen LogP contribution in [0.15, 0.2) is 57.7 Å². The van der Waals surface area contributed by atoms with Gasteiger partial charge in [-0.05, 0) is 31.2 Å². The van der Waals surface area contributed by atoms with Gasteiger partial charge in [-0.15, -0.1) is 0 Å². The lowest BCUT2D eigenvalue weighted by molar-refractivity contribution is -0.134. The van der Waals surface area contributed by atoms with Crippen LogP contribution in [0.4, 0.5) is 5.69 Å². The minimum absolute atomic E-state index is 0.0704. The summed E-state index contributed by atoms with van der Waals surface area (Å²) in [6.07, 6.45) is 0. The van der Waals surface area contributed by atoms with E-state index in [1.165, 1.54) is 4.57 Å². The van der Waals surface area contributed by atoms with Crippen molar-refractivity contribution in [3.05, 3.63) is 59.1 Å². The third-order valence-electron chi connectivity index (χ3n) is 5.27. The SMILES string of the molecule is COc1cccc(N2CCN(C(=O)C(C)n3c(=O)oc4ccccc43)CC2)c1. The summed E-state index contributed by atoms with van der Waals surface area (Å²) < 4.78 is 12.0. The zero-order valence-corrected chi connectivity index (χ0v) is 16.0. The molecule has 0 spiro atoms. The van der Waals surface area contributed by atoms with Crippen molar-refractivity contribution in [2.45, 2.75) is 13.0 Å². The number of fused-ring (bicyclic) bond motifs is 1. The van der Waals surface area contributed by atoms with Crippen LogP contribution in [0, 0.1) is 0 Å². The lowest BCUT2D eigenvalue weighted by Crippen LogP contribution is -2.50. The third kappa shape index (κ3) is 3.24. The average Bonchev–Trinajstić information content (AvgIpc) is 3.08. The maximum absolute atomic E-state index is 13.0. The molecule has 1 aliphatic heterocycles. The summed E-state index contributed by atoms with van der Waals surface area (Å²) in [6, 6.07) is 14.5. The highest BCUT2D eigenvalue weighted by atomic mass is 16.5. The van der Waals surface area contributed by atoms with E-state index in [0.717, 1.165) is 24.5 Å². The molecule has 28 heavy (non-hydrogen) atoms.